The molecule has 4 heterocycles. The first-order valence-electron chi connectivity index (χ1n) is 13.7. The molecule has 12 nitrogen and oxygen atoms in total. The standard InChI is InChI=1S/C14H16F3N3O3S.C13H14F3N3O3S/c1-3-4-7-23-13-8-11(14(15,16)17)19-20(13)12-6-5-10(9-18-12)24(2,21)22;1-3-6-22-12-7-10(13(14,15)16)18-19(12)11-5-4-9(8-17-11)23(2,20)21/h5-6,8-9H,3-4,7H2,1-2H3;4-5,7-8H,3,6H2,1-2H3. The zero-order valence-corrected chi connectivity index (χ0v) is 27.0. The third kappa shape index (κ3) is 10.1. The number of hydrogen-bond donors (Lipinski definition) is 0. The van der Waals surface area contributed by atoms with Crippen LogP contribution in [0, 0.1) is 0 Å². The Morgan fingerprint density at radius 2 is 1.06 bits per heavy atom. The van der Waals surface area contributed by atoms with E-state index in [1.54, 1.807) is 0 Å². The third-order valence-electron chi connectivity index (χ3n) is 5.87. The lowest BCUT2D eigenvalue weighted by Crippen LogP contribution is -2.09. The predicted octanol–water partition coefficient (Wildman–Crippen LogP) is 5.35. The van der Waals surface area contributed by atoms with Crippen LogP contribution in [0.1, 0.15) is 44.5 Å². The van der Waals surface area contributed by atoms with Gasteiger partial charge in [0.25, 0.3) is 0 Å². The van der Waals surface area contributed by atoms with E-state index in [0.29, 0.717) is 12.8 Å². The molecule has 4 aromatic rings. The number of unbranched alkanes of at least 4 members (excludes halogenated alkanes) is 1. The molecule has 0 bridgehead atoms. The van der Waals surface area contributed by atoms with Gasteiger partial charge in [0.05, 0.1) is 23.0 Å². The van der Waals surface area contributed by atoms with E-state index in [2.05, 4.69) is 20.2 Å². The van der Waals surface area contributed by atoms with Crippen LogP contribution < -0.4 is 9.47 Å². The fourth-order valence-electron chi connectivity index (χ4n) is 3.50. The number of sulfone groups is 2. The van der Waals surface area contributed by atoms with Gasteiger partial charge in [-0.1, -0.05) is 20.3 Å². The summed E-state index contributed by atoms with van der Waals surface area (Å²) in [6, 6.07) is 6.61. The summed E-state index contributed by atoms with van der Waals surface area (Å²) >= 11 is 0. The van der Waals surface area contributed by atoms with Crippen LogP contribution in [0.5, 0.6) is 11.8 Å². The van der Waals surface area contributed by atoms with Crippen molar-refractivity contribution >= 4 is 19.7 Å². The van der Waals surface area contributed by atoms with Crippen molar-refractivity contribution in [2.75, 3.05) is 25.7 Å². The van der Waals surface area contributed by atoms with Crippen LogP contribution in [0.15, 0.2) is 58.6 Å². The summed E-state index contributed by atoms with van der Waals surface area (Å²) in [5.41, 5.74) is -2.22. The first-order chi connectivity index (χ1) is 21.8. The molecule has 0 saturated heterocycles. The van der Waals surface area contributed by atoms with Crippen molar-refractivity contribution < 1.29 is 52.7 Å². The van der Waals surface area contributed by atoms with E-state index < -0.39 is 43.4 Å². The SMILES string of the molecule is CCCCOc1cc(C(F)(F)F)nn1-c1ccc(S(C)(=O)=O)cn1.CCCOc1cc(C(F)(F)F)nn1-c1ccc(S(C)(=O)=O)cn1. The summed E-state index contributed by atoms with van der Waals surface area (Å²) in [5, 5.41) is 6.93. The number of nitrogens with zero attached hydrogens (tertiary/aromatic N) is 6. The van der Waals surface area contributed by atoms with Crippen LogP contribution in [0.3, 0.4) is 0 Å². The summed E-state index contributed by atoms with van der Waals surface area (Å²) < 4.78 is 135. The third-order valence-corrected chi connectivity index (χ3v) is 8.06. The zero-order valence-electron chi connectivity index (χ0n) is 25.4. The number of hydrogen-bond acceptors (Lipinski definition) is 10. The second-order valence-corrected chi connectivity index (χ2v) is 13.9. The Morgan fingerprint density at radius 1 is 0.660 bits per heavy atom. The van der Waals surface area contributed by atoms with Gasteiger partial charge in [-0.2, -0.15) is 45.9 Å². The molecule has 47 heavy (non-hydrogen) atoms. The van der Waals surface area contributed by atoms with Gasteiger partial charge in [0, 0.05) is 37.0 Å². The lowest BCUT2D eigenvalue weighted by atomic mass is 10.4. The van der Waals surface area contributed by atoms with Gasteiger partial charge >= 0.3 is 12.4 Å². The molecule has 0 unspecified atom stereocenters. The quantitative estimate of drug-likeness (QED) is 0.147. The molecule has 0 radical (unpaired) electrons. The van der Waals surface area contributed by atoms with Gasteiger partial charge in [0.15, 0.2) is 42.7 Å². The molecule has 0 amide bonds. The van der Waals surface area contributed by atoms with Crippen molar-refractivity contribution in [2.24, 2.45) is 0 Å². The Balaban J connectivity index is 0.000000256. The number of halogens is 6. The van der Waals surface area contributed by atoms with Gasteiger partial charge in [-0.25, -0.2) is 26.8 Å². The molecule has 0 spiro atoms. The van der Waals surface area contributed by atoms with Crippen molar-refractivity contribution in [2.45, 2.75) is 55.3 Å². The van der Waals surface area contributed by atoms with Gasteiger partial charge in [-0.05, 0) is 37.1 Å². The maximum absolute atomic E-state index is 12.9. The van der Waals surface area contributed by atoms with Crippen LogP contribution in [-0.4, -0.2) is 72.1 Å². The summed E-state index contributed by atoms with van der Waals surface area (Å²) in [6.07, 6.45) is -3.00. The largest absolute Gasteiger partial charge is 0.478 e. The topological polar surface area (TPSA) is 148 Å². The van der Waals surface area contributed by atoms with E-state index in [9.17, 15) is 43.2 Å². The zero-order chi connectivity index (χ0) is 35.2. The highest BCUT2D eigenvalue weighted by atomic mass is 32.2. The van der Waals surface area contributed by atoms with Gasteiger partial charge in [0.2, 0.25) is 11.8 Å². The van der Waals surface area contributed by atoms with E-state index in [-0.39, 0.29) is 46.4 Å². The Bertz CT molecular complexity index is 1860. The van der Waals surface area contributed by atoms with Gasteiger partial charge in [-0.15, -0.1) is 0 Å². The van der Waals surface area contributed by atoms with Gasteiger partial charge in [-0.3, -0.25) is 0 Å². The molecule has 4 aromatic heterocycles. The van der Waals surface area contributed by atoms with Gasteiger partial charge < -0.3 is 9.47 Å². The number of pyridine rings is 2. The Labute approximate surface area is 266 Å². The minimum Gasteiger partial charge on any atom is -0.478 e. The monoisotopic (exact) mass is 712 g/mol. The smallest absolute Gasteiger partial charge is 0.435 e. The van der Waals surface area contributed by atoms with Crippen molar-refractivity contribution in [3.05, 3.63) is 60.2 Å². The molecule has 0 aliphatic carbocycles. The van der Waals surface area contributed by atoms with Crippen LogP contribution >= 0.6 is 0 Å². The molecular weight excluding hydrogens is 682 g/mol. The molecule has 0 aliphatic rings. The summed E-state index contributed by atoms with van der Waals surface area (Å²) in [7, 11) is -6.90. The highest BCUT2D eigenvalue weighted by Gasteiger charge is 2.36. The van der Waals surface area contributed by atoms with E-state index in [1.807, 2.05) is 13.8 Å². The molecule has 0 fully saturated rings. The van der Waals surface area contributed by atoms with Crippen LogP contribution in [0.25, 0.3) is 11.6 Å². The highest BCUT2D eigenvalue weighted by molar-refractivity contribution is 7.91. The number of alkyl halides is 6. The second-order valence-electron chi connectivity index (χ2n) is 9.85. The molecule has 0 aliphatic heterocycles. The number of ether oxygens (including phenoxy) is 2. The average molecular weight is 713 g/mol. The summed E-state index contributed by atoms with van der Waals surface area (Å²) in [5.74, 6) is -0.155. The predicted molar refractivity (Wildman–Crippen MR) is 155 cm³/mol. The van der Waals surface area contributed by atoms with Crippen LogP contribution in [0.4, 0.5) is 26.3 Å². The van der Waals surface area contributed by atoms with Crippen molar-refractivity contribution in [3.63, 3.8) is 0 Å². The molecule has 0 aromatic carbocycles. The van der Waals surface area contributed by atoms with Crippen molar-refractivity contribution in [1.29, 1.82) is 0 Å². The van der Waals surface area contributed by atoms with Crippen molar-refractivity contribution in [3.8, 4) is 23.4 Å². The molecule has 0 atom stereocenters. The average Bonchev–Trinajstić information content (AvgIpc) is 3.61. The first-order valence-corrected chi connectivity index (χ1v) is 17.5. The number of rotatable bonds is 11. The maximum Gasteiger partial charge on any atom is 0.435 e. The minimum absolute atomic E-state index is 0.0269. The van der Waals surface area contributed by atoms with E-state index in [0.717, 1.165) is 52.8 Å². The Kier molecular flexibility index (Phi) is 11.7. The maximum atomic E-state index is 12.9. The summed E-state index contributed by atoms with van der Waals surface area (Å²) in [4.78, 5) is 7.65. The van der Waals surface area contributed by atoms with Crippen LogP contribution in [0.2, 0.25) is 0 Å². The Morgan fingerprint density at radius 3 is 1.36 bits per heavy atom. The summed E-state index contributed by atoms with van der Waals surface area (Å²) in [6.45, 7) is 4.18. The molecule has 0 N–H and O–H groups in total. The van der Waals surface area contributed by atoms with E-state index in [1.165, 1.54) is 24.3 Å². The normalized spacial score (nSPS) is 12.4. The molecule has 4 rings (SSSR count). The minimum atomic E-state index is -4.62. The molecule has 258 valence electrons. The molecular formula is C27H30F6N6O6S2. The lowest BCUT2D eigenvalue weighted by molar-refractivity contribution is -0.142. The highest BCUT2D eigenvalue weighted by Crippen LogP contribution is 2.33. The van der Waals surface area contributed by atoms with Crippen LogP contribution in [-0.2, 0) is 32.0 Å². The lowest BCUT2D eigenvalue weighted by Gasteiger charge is -2.08. The molecule has 0 saturated carbocycles. The van der Waals surface area contributed by atoms with E-state index in [4.69, 9.17) is 9.47 Å². The van der Waals surface area contributed by atoms with Gasteiger partial charge in [0.1, 0.15) is 0 Å². The van der Waals surface area contributed by atoms with Crippen molar-refractivity contribution in [1.82, 2.24) is 29.5 Å². The fourth-order valence-corrected chi connectivity index (χ4v) is 4.62. The second kappa shape index (κ2) is 14.7. The first kappa shape index (κ1) is 37.3. The molecule has 20 heteroatoms. The van der Waals surface area contributed by atoms with E-state index >= 15 is 0 Å². The number of aromatic nitrogens is 6. The Hall–Kier alpha value is -4.20. The fraction of sp³-hybridized carbons (Fsp3) is 0.407.